The number of hydrogen-bond donors (Lipinski definition) is 0. The van der Waals surface area contributed by atoms with Crippen LogP contribution < -0.4 is 10.2 Å². The van der Waals surface area contributed by atoms with Crippen LogP contribution in [0.15, 0.2) is 75.9 Å². The molecule has 4 aromatic rings. The molecular formula is C24H16Cl2O5. The molecular weight excluding hydrogens is 439 g/mol. The summed E-state index contributed by atoms with van der Waals surface area (Å²) < 4.78 is 16.7. The Hall–Kier alpha value is -3.28. The van der Waals surface area contributed by atoms with Crippen molar-refractivity contribution in [2.45, 2.75) is 6.61 Å². The number of halogens is 2. The lowest BCUT2D eigenvalue weighted by Crippen LogP contribution is -2.11. The van der Waals surface area contributed by atoms with Gasteiger partial charge in [0.25, 0.3) is 0 Å². The molecule has 31 heavy (non-hydrogen) atoms. The molecule has 1 aromatic heterocycles. The zero-order valence-corrected chi connectivity index (χ0v) is 17.9. The SMILES string of the molecule is COC(=O)c1cccc(COc2c(-c3ccccc3Cl)oc3ccc(Cl)cc3c2=O)c1. The molecule has 0 radical (unpaired) electrons. The quantitative estimate of drug-likeness (QED) is 0.339. The lowest BCUT2D eigenvalue weighted by molar-refractivity contribution is 0.0600. The minimum absolute atomic E-state index is 0.00587. The van der Waals surface area contributed by atoms with Gasteiger partial charge in [0.05, 0.1) is 23.1 Å². The average molecular weight is 455 g/mol. The van der Waals surface area contributed by atoms with E-state index in [1.807, 2.05) is 0 Å². The summed E-state index contributed by atoms with van der Waals surface area (Å²) in [5, 5.41) is 1.11. The van der Waals surface area contributed by atoms with Gasteiger partial charge in [-0.1, -0.05) is 47.5 Å². The summed E-state index contributed by atoms with van der Waals surface area (Å²) in [5.74, 6) is -0.237. The van der Waals surface area contributed by atoms with Crippen LogP contribution in [0.3, 0.4) is 0 Å². The van der Waals surface area contributed by atoms with Gasteiger partial charge in [0.1, 0.15) is 12.2 Å². The zero-order valence-electron chi connectivity index (χ0n) is 16.4. The first-order valence-electron chi connectivity index (χ1n) is 9.29. The highest BCUT2D eigenvalue weighted by atomic mass is 35.5. The van der Waals surface area contributed by atoms with Crippen molar-refractivity contribution in [3.05, 3.63) is 98.1 Å². The molecule has 4 rings (SSSR count). The van der Waals surface area contributed by atoms with Crippen LogP contribution in [-0.2, 0) is 11.3 Å². The van der Waals surface area contributed by atoms with Crippen molar-refractivity contribution >= 4 is 40.1 Å². The van der Waals surface area contributed by atoms with E-state index in [0.29, 0.717) is 37.7 Å². The third-order valence-electron chi connectivity index (χ3n) is 4.66. The van der Waals surface area contributed by atoms with E-state index in [-0.39, 0.29) is 23.5 Å². The second kappa shape index (κ2) is 8.84. The molecule has 156 valence electrons. The van der Waals surface area contributed by atoms with Crippen molar-refractivity contribution in [2.24, 2.45) is 0 Å². The molecule has 0 N–H and O–H groups in total. The summed E-state index contributed by atoms with van der Waals surface area (Å²) in [4.78, 5) is 25.1. The molecule has 0 amide bonds. The van der Waals surface area contributed by atoms with Gasteiger partial charge in [0.15, 0.2) is 5.76 Å². The molecule has 0 saturated heterocycles. The fraction of sp³-hybridized carbons (Fsp3) is 0.0833. The number of esters is 1. The Balaban J connectivity index is 1.81. The number of carbonyl (C=O) groups is 1. The standard InChI is InChI=1S/C24H16Cl2O5/c1-29-24(28)15-6-4-5-14(11-15)13-30-23-21(27)18-12-16(25)9-10-20(18)31-22(23)17-7-2-3-8-19(17)26/h2-12H,13H2,1H3. The maximum absolute atomic E-state index is 13.3. The maximum Gasteiger partial charge on any atom is 0.337 e. The van der Waals surface area contributed by atoms with Gasteiger partial charge in [-0.3, -0.25) is 4.79 Å². The summed E-state index contributed by atoms with van der Waals surface area (Å²) in [6.45, 7) is 0.0269. The Morgan fingerprint density at radius 3 is 2.58 bits per heavy atom. The Labute approximate surface area is 187 Å². The van der Waals surface area contributed by atoms with E-state index in [9.17, 15) is 9.59 Å². The van der Waals surface area contributed by atoms with Gasteiger partial charge < -0.3 is 13.9 Å². The Bertz CT molecular complexity index is 1340. The molecule has 5 nitrogen and oxygen atoms in total. The molecule has 0 aliphatic heterocycles. The smallest absolute Gasteiger partial charge is 0.337 e. The second-order valence-electron chi connectivity index (χ2n) is 6.69. The fourth-order valence-electron chi connectivity index (χ4n) is 3.17. The summed E-state index contributed by atoms with van der Waals surface area (Å²) in [5.41, 5.74) is 1.58. The number of ether oxygens (including phenoxy) is 2. The summed E-state index contributed by atoms with van der Waals surface area (Å²) in [6.07, 6.45) is 0. The highest BCUT2D eigenvalue weighted by Crippen LogP contribution is 2.36. The first-order valence-corrected chi connectivity index (χ1v) is 10.0. The maximum atomic E-state index is 13.3. The fourth-order valence-corrected chi connectivity index (χ4v) is 3.56. The van der Waals surface area contributed by atoms with Crippen LogP contribution in [-0.4, -0.2) is 13.1 Å². The van der Waals surface area contributed by atoms with E-state index in [0.717, 1.165) is 0 Å². The molecule has 0 spiro atoms. The summed E-state index contributed by atoms with van der Waals surface area (Å²) in [7, 11) is 1.31. The van der Waals surface area contributed by atoms with Gasteiger partial charge in [0.2, 0.25) is 11.2 Å². The molecule has 0 unspecified atom stereocenters. The van der Waals surface area contributed by atoms with Gasteiger partial charge in [-0.05, 0) is 48.0 Å². The lowest BCUT2D eigenvalue weighted by Gasteiger charge is -2.13. The third-order valence-corrected chi connectivity index (χ3v) is 5.23. The second-order valence-corrected chi connectivity index (χ2v) is 7.53. The number of carbonyl (C=O) groups excluding carboxylic acids is 1. The van der Waals surface area contributed by atoms with Crippen molar-refractivity contribution in [2.75, 3.05) is 7.11 Å². The van der Waals surface area contributed by atoms with Gasteiger partial charge in [-0.25, -0.2) is 4.79 Å². The van der Waals surface area contributed by atoms with Crippen molar-refractivity contribution in [1.29, 1.82) is 0 Å². The van der Waals surface area contributed by atoms with Crippen LogP contribution in [0.5, 0.6) is 5.75 Å². The lowest BCUT2D eigenvalue weighted by atomic mass is 10.1. The van der Waals surface area contributed by atoms with E-state index in [1.54, 1.807) is 60.7 Å². The van der Waals surface area contributed by atoms with Crippen molar-refractivity contribution in [1.82, 2.24) is 0 Å². The van der Waals surface area contributed by atoms with Crippen LogP contribution in [0.4, 0.5) is 0 Å². The van der Waals surface area contributed by atoms with E-state index in [2.05, 4.69) is 0 Å². The van der Waals surface area contributed by atoms with E-state index < -0.39 is 5.97 Å². The summed E-state index contributed by atoms with van der Waals surface area (Å²) in [6, 6.07) is 18.6. The van der Waals surface area contributed by atoms with Crippen molar-refractivity contribution in [3.63, 3.8) is 0 Å². The Morgan fingerprint density at radius 1 is 1.00 bits per heavy atom. The molecule has 3 aromatic carbocycles. The first-order chi connectivity index (χ1) is 15.0. The highest BCUT2D eigenvalue weighted by molar-refractivity contribution is 6.33. The van der Waals surface area contributed by atoms with Gasteiger partial charge >= 0.3 is 5.97 Å². The minimum Gasteiger partial charge on any atom is -0.481 e. The minimum atomic E-state index is -0.460. The monoisotopic (exact) mass is 454 g/mol. The summed E-state index contributed by atoms with van der Waals surface area (Å²) >= 11 is 12.4. The van der Waals surface area contributed by atoms with Gasteiger partial charge in [0, 0.05) is 10.6 Å². The first kappa shape index (κ1) is 21.0. The number of hydrogen-bond acceptors (Lipinski definition) is 5. The zero-order chi connectivity index (χ0) is 22.0. The topological polar surface area (TPSA) is 65.7 Å². The number of methoxy groups -OCH3 is 1. The molecule has 0 atom stereocenters. The van der Waals surface area contributed by atoms with Crippen LogP contribution in [0.1, 0.15) is 15.9 Å². The number of fused-ring (bicyclic) bond motifs is 1. The van der Waals surface area contributed by atoms with Crippen molar-refractivity contribution < 1.29 is 18.7 Å². The predicted octanol–water partition coefficient (Wildman–Crippen LogP) is 6.13. The van der Waals surface area contributed by atoms with Crippen LogP contribution >= 0.6 is 23.2 Å². The Kier molecular flexibility index (Phi) is 5.98. The van der Waals surface area contributed by atoms with Gasteiger partial charge in [-0.15, -0.1) is 0 Å². The van der Waals surface area contributed by atoms with E-state index in [4.69, 9.17) is 37.1 Å². The normalized spacial score (nSPS) is 10.8. The average Bonchev–Trinajstić information content (AvgIpc) is 2.79. The molecule has 0 fully saturated rings. The van der Waals surface area contributed by atoms with E-state index in [1.165, 1.54) is 13.2 Å². The molecule has 0 aliphatic rings. The largest absolute Gasteiger partial charge is 0.481 e. The van der Waals surface area contributed by atoms with Crippen LogP contribution in [0.2, 0.25) is 10.0 Å². The molecule has 0 bridgehead atoms. The van der Waals surface area contributed by atoms with Crippen LogP contribution in [0, 0.1) is 0 Å². The molecule has 0 aliphatic carbocycles. The Morgan fingerprint density at radius 2 is 1.81 bits per heavy atom. The number of benzene rings is 3. The van der Waals surface area contributed by atoms with Crippen molar-refractivity contribution in [3.8, 4) is 17.1 Å². The molecule has 1 heterocycles. The van der Waals surface area contributed by atoms with Gasteiger partial charge in [-0.2, -0.15) is 0 Å². The van der Waals surface area contributed by atoms with Crippen LogP contribution in [0.25, 0.3) is 22.3 Å². The highest BCUT2D eigenvalue weighted by Gasteiger charge is 2.20. The molecule has 0 saturated carbocycles. The number of rotatable bonds is 5. The molecule has 7 heteroatoms. The predicted molar refractivity (Wildman–Crippen MR) is 120 cm³/mol. The van der Waals surface area contributed by atoms with E-state index >= 15 is 0 Å². The third kappa shape index (κ3) is 4.29.